The van der Waals surface area contributed by atoms with Crippen molar-refractivity contribution in [1.29, 1.82) is 0 Å². The Morgan fingerprint density at radius 2 is 2.33 bits per heavy atom. The molecule has 1 amide bonds. The van der Waals surface area contributed by atoms with Crippen molar-refractivity contribution in [1.82, 2.24) is 5.32 Å². The zero-order valence-electron chi connectivity index (χ0n) is 9.07. The summed E-state index contributed by atoms with van der Waals surface area (Å²) in [4.78, 5) is 11.3. The molecule has 0 saturated heterocycles. The molecule has 0 aromatic carbocycles. The molecule has 0 radical (unpaired) electrons. The first kappa shape index (κ1) is 11.8. The van der Waals surface area contributed by atoms with Gasteiger partial charge < -0.3 is 16.3 Å². The van der Waals surface area contributed by atoms with E-state index in [0.29, 0.717) is 12.5 Å². The van der Waals surface area contributed by atoms with Crippen molar-refractivity contribution in [3.05, 3.63) is 0 Å². The van der Waals surface area contributed by atoms with Gasteiger partial charge in [0.15, 0.2) is 0 Å². The second kappa shape index (κ2) is 5.58. The number of nitrogens with zero attached hydrogens (tertiary/aromatic N) is 1. The van der Waals surface area contributed by atoms with Crippen LogP contribution in [0.25, 0.3) is 0 Å². The zero-order valence-corrected chi connectivity index (χ0v) is 9.07. The van der Waals surface area contributed by atoms with E-state index >= 15 is 0 Å². The van der Waals surface area contributed by atoms with E-state index in [2.05, 4.69) is 17.4 Å². The maximum absolute atomic E-state index is 11.3. The first-order chi connectivity index (χ1) is 7.11. The van der Waals surface area contributed by atoms with Crippen LogP contribution >= 0.6 is 0 Å². The molecule has 2 unspecified atom stereocenters. The van der Waals surface area contributed by atoms with E-state index in [1.165, 1.54) is 19.3 Å². The predicted molar refractivity (Wildman–Crippen MR) is 57.5 cm³/mol. The standard InChI is InChI=1S/C10H19N3O2/c1-7-2-3-8(4-7)6-12-10(14)5-9(11)13-15/h7-8,15H,2-6H2,1H3,(H2,11,13)(H,12,14). The Morgan fingerprint density at radius 1 is 1.60 bits per heavy atom. The number of hydrogen-bond acceptors (Lipinski definition) is 3. The minimum atomic E-state index is -0.176. The number of nitrogens with one attached hydrogen (secondary N) is 1. The van der Waals surface area contributed by atoms with Crippen LogP contribution in [0.2, 0.25) is 0 Å². The van der Waals surface area contributed by atoms with E-state index in [4.69, 9.17) is 10.9 Å². The fourth-order valence-electron chi connectivity index (χ4n) is 2.03. The lowest BCUT2D eigenvalue weighted by molar-refractivity contribution is -0.120. The molecule has 5 heteroatoms. The first-order valence-electron chi connectivity index (χ1n) is 5.35. The molecule has 1 aliphatic carbocycles. The number of oxime groups is 1. The van der Waals surface area contributed by atoms with Crippen molar-refractivity contribution >= 4 is 11.7 Å². The summed E-state index contributed by atoms with van der Waals surface area (Å²) in [7, 11) is 0. The summed E-state index contributed by atoms with van der Waals surface area (Å²) in [6.45, 7) is 2.94. The van der Waals surface area contributed by atoms with Gasteiger partial charge in [-0.25, -0.2) is 0 Å². The van der Waals surface area contributed by atoms with Crippen LogP contribution in [-0.4, -0.2) is 23.5 Å². The number of hydrogen-bond donors (Lipinski definition) is 3. The van der Waals surface area contributed by atoms with Crippen LogP contribution in [0, 0.1) is 11.8 Å². The van der Waals surface area contributed by atoms with Gasteiger partial charge in [-0.05, 0) is 24.7 Å². The summed E-state index contributed by atoms with van der Waals surface area (Å²) >= 11 is 0. The third-order valence-corrected chi connectivity index (χ3v) is 2.86. The number of amides is 1. The van der Waals surface area contributed by atoms with Crippen LogP contribution in [0.5, 0.6) is 0 Å². The molecule has 86 valence electrons. The Labute approximate surface area is 89.7 Å². The summed E-state index contributed by atoms with van der Waals surface area (Å²) in [5.74, 6) is 1.14. The second-order valence-corrected chi connectivity index (χ2v) is 4.36. The van der Waals surface area contributed by atoms with Crippen molar-refractivity contribution in [2.24, 2.45) is 22.7 Å². The quantitative estimate of drug-likeness (QED) is 0.278. The van der Waals surface area contributed by atoms with Crippen molar-refractivity contribution < 1.29 is 10.0 Å². The fraction of sp³-hybridized carbons (Fsp3) is 0.800. The molecule has 0 heterocycles. The smallest absolute Gasteiger partial charge is 0.227 e. The molecule has 0 aromatic rings. The third kappa shape index (κ3) is 4.18. The van der Waals surface area contributed by atoms with Crippen molar-refractivity contribution in [3.63, 3.8) is 0 Å². The number of nitrogens with two attached hydrogens (primary N) is 1. The molecular weight excluding hydrogens is 194 g/mol. The molecule has 0 spiro atoms. The molecule has 2 atom stereocenters. The Bertz CT molecular complexity index is 253. The molecule has 0 bridgehead atoms. The maximum Gasteiger partial charge on any atom is 0.227 e. The van der Waals surface area contributed by atoms with Gasteiger partial charge in [-0.15, -0.1) is 0 Å². The minimum absolute atomic E-state index is 0.0290. The van der Waals surface area contributed by atoms with Gasteiger partial charge in [-0.2, -0.15) is 0 Å². The topological polar surface area (TPSA) is 87.7 Å². The summed E-state index contributed by atoms with van der Waals surface area (Å²) < 4.78 is 0. The monoisotopic (exact) mass is 213 g/mol. The number of carbonyl (C=O) groups excluding carboxylic acids is 1. The Hall–Kier alpha value is -1.26. The van der Waals surface area contributed by atoms with E-state index in [-0.39, 0.29) is 18.2 Å². The highest BCUT2D eigenvalue weighted by Crippen LogP contribution is 2.29. The first-order valence-corrected chi connectivity index (χ1v) is 5.35. The Kier molecular flexibility index (Phi) is 4.39. The van der Waals surface area contributed by atoms with Crippen LogP contribution in [0.15, 0.2) is 5.16 Å². The fourth-order valence-corrected chi connectivity index (χ4v) is 2.03. The molecule has 15 heavy (non-hydrogen) atoms. The molecule has 1 saturated carbocycles. The van der Waals surface area contributed by atoms with Crippen LogP contribution in [0.1, 0.15) is 32.6 Å². The Balaban J connectivity index is 2.17. The summed E-state index contributed by atoms with van der Waals surface area (Å²) in [6, 6.07) is 0. The normalized spacial score (nSPS) is 26.6. The summed E-state index contributed by atoms with van der Waals surface area (Å²) in [5, 5.41) is 13.8. The van der Waals surface area contributed by atoms with Crippen molar-refractivity contribution in [2.75, 3.05) is 6.54 Å². The lowest BCUT2D eigenvalue weighted by Gasteiger charge is -2.10. The molecule has 1 aliphatic rings. The maximum atomic E-state index is 11.3. The summed E-state index contributed by atoms with van der Waals surface area (Å²) in [6.07, 6.45) is 3.59. The average molecular weight is 213 g/mol. The minimum Gasteiger partial charge on any atom is -0.409 e. The highest BCUT2D eigenvalue weighted by Gasteiger charge is 2.21. The Morgan fingerprint density at radius 3 is 2.87 bits per heavy atom. The van der Waals surface area contributed by atoms with Gasteiger partial charge in [0, 0.05) is 6.54 Å². The number of carbonyl (C=O) groups is 1. The van der Waals surface area contributed by atoms with Crippen molar-refractivity contribution in [2.45, 2.75) is 32.6 Å². The van der Waals surface area contributed by atoms with Gasteiger partial charge in [0.25, 0.3) is 0 Å². The number of amidine groups is 1. The molecule has 4 N–H and O–H groups in total. The van der Waals surface area contributed by atoms with Gasteiger partial charge in [-0.3, -0.25) is 4.79 Å². The van der Waals surface area contributed by atoms with Crippen LogP contribution < -0.4 is 11.1 Å². The molecule has 0 aromatic heterocycles. The predicted octanol–water partition coefficient (Wildman–Crippen LogP) is 0.675. The number of rotatable bonds is 4. The van der Waals surface area contributed by atoms with E-state index in [1.54, 1.807) is 0 Å². The molecule has 1 fully saturated rings. The SMILES string of the molecule is CC1CCC(CNC(=O)CC(N)=NO)C1. The van der Waals surface area contributed by atoms with Crippen LogP contribution in [-0.2, 0) is 4.79 Å². The van der Waals surface area contributed by atoms with Gasteiger partial charge in [-0.1, -0.05) is 18.5 Å². The van der Waals surface area contributed by atoms with E-state index in [9.17, 15) is 4.79 Å². The average Bonchev–Trinajstić information content (AvgIpc) is 2.61. The van der Waals surface area contributed by atoms with E-state index < -0.39 is 0 Å². The van der Waals surface area contributed by atoms with Gasteiger partial charge in [0.05, 0.1) is 6.42 Å². The summed E-state index contributed by atoms with van der Waals surface area (Å²) in [5.41, 5.74) is 5.22. The lowest BCUT2D eigenvalue weighted by atomic mass is 10.1. The van der Waals surface area contributed by atoms with Crippen LogP contribution in [0.3, 0.4) is 0 Å². The molecule has 5 nitrogen and oxygen atoms in total. The van der Waals surface area contributed by atoms with E-state index in [0.717, 1.165) is 5.92 Å². The van der Waals surface area contributed by atoms with Crippen LogP contribution in [0.4, 0.5) is 0 Å². The zero-order chi connectivity index (χ0) is 11.3. The van der Waals surface area contributed by atoms with E-state index in [1.807, 2.05) is 0 Å². The van der Waals surface area contributed by atoms with Crippen molar-refractivity contribution in [3.8, 4) is 0 Å². The van der Waals surface area contributed by atoms with Gasteiger partial charge >= 0.3 is 0 Å². The molecule has 1 rings (SSSR count). The molecular formula is C10H19N3O2. The third-order valence-electron chi connectivity index (χ3n) is 2.86. The van der Waals surface area contributed by atoms with Gasteiger partial charge in [0.1, 0.15) is 5.84 Å². The highest BCUT2D eigenvalue weighted by molar-refractivity contribution is 5.98. The molecule has 0 aliphatic heterocycles. The second-order valence-electron chi connectivity index (χ2n) is 4.36. The highest BCUT2D eigenvalue weighted by atomic mass is 16.4. The largest absolute Gasteiger partial charge is 0.409 e. The van der Waals surface area contributed by atoms with Gasteiger partial charge in [0.2, 0.25) is 5.91 Å². The lowest BCUT2D eigenvalue weighted by Crippen LogP contribution is -2.31.